The van der Waals surface area contributed by atoms with E-state index in [0.717, 1.165) is 22.5 Å². The molecule has 120 valence electrons. The van der Waals surface area contributed by atoms with Crippen LogP contribution in [-0.2, 0) is 0 Å². The Bertz CT molecular complexity index is 908. The lowest BCUT2D eigenvalue weighted by atomic mass is 9.97. The second kappa shape index (κ2) is 6.93. The van der Waals surface area contributed by atoms with Crippen molar-refractivity contribution in [3.8, 4) is 22.5 Å². The SMILES string of the molecule is C/C=C(\S)c1c(-c2ccccc2F)nnc(C)c1-c1ccccn1. The predicted octanol–water partition coefficient (Wildman–Crippen LogP) is 4.94. The molecule has 0 saturated heterocycles. The van der Waals surface area contributed by atoms with Gasteiger partial charge in [0.05, 0.1) is 11.4 Å². The second-order valence-corrected chi connectivity index (χ2v) is 5.73. The molecule has 0 spiro atoms. The Morgan fingerprint density at radius 3 is 2.50 bits per heavy atom. The number of benzene rings is 1. The molecule has 3 rings (SSSR count). The van der Waals surface area contributed by atoms with Crippen molar-refractivity contribution in [3.05, 3.63) is 71.8 Å². The quantitative estimate of drug-likeness (QED) is 0.688. The Morgan fingerprint density at radius 2 is 1.83 bits per heavy atom. The molecule has 0 N–H and O–H groups in total. The number of aryl methyl sites for hydroxylation is 1. The van der Waals surface area contributed by atoms with Gasteiger partial charge in [0.25, 0.3) is 0 Å². The molecule has 1 aromatic carbocycles. The first kappa shape index (κ1) is 16.3. The fourth-order valence-electron chi connectivity index (χ4n) is 2.58. The van der Waals surface area contributed by atoms with Crippen LogP contribution in [0.25, 0.3) is 27.4 Å². The maximum Gasteiger partial charge on any atom is 0.132 e. The summed E-state index contributed by atoms with van der Waals surface area (Å²) in [5.74, 6) is -0.346. The van der Waals surface area contributed by atoms with Crippen LogP contribution in [0.15, 0.2) is 54.7 Å². The molecule has 0 aliphatic heterocycles. The van der Waals surface area contributed by atoms with Gasteiger partial charge in [0, 0.05) is 27.8 Å². The Labute approximate surface area is 145 Å². The zero-order chi connectivity index (χ0) is 17.1. The molecule has 2 heterocycles. The minimum atomic E-state index is -0.346. The highest BCUT2D eigenvalue weighted by Crippen LogP contribution is 2.38. The standard InChI is InChI=1S/C19H16FN3S/c1-3-16(24)18-17(15-10-6-7-11-21-15)12(2)22-23-19(18)13-8-4-5-9-14(13)20/h3-11,24H,1-2H3/b16-3-. The monoisotopic (exact) mass is 337 g/mol. The van der Waals surface area contributed by atoms with Crippen LogP contribution in [0.1, 0.15) is 18.2 Å². The molecule has 0 fully saturated rings. The highest BCUT2D eigenvalue weighted by molar-refractivity contribution is 7.90. The maximum atomic E-state index is 14.3. The van der Waals surface area contributed by atoms with Crippen LogP contribution in [0.2, 0.25) is 0 Å². The van der Waals surface area contributed by atoms with Crippen LogP contribution in [-0.4, -0.2) is 15.2 Å². The van der Waals surface area contributed by atoms with Gasteiger partial charge in [-0.15, -0.1) is 17.7 Å². The van der Waals surface area contributed by atoms with Gasteiger partial charge in [0.1, 0.15) is 11.5 Å². The summed E-state index contributed by atoms with van der Waals surface area (Å²) < 4.78 is 14.3. The van der Waals surface area contributed by atoms with Crippen molar-refractivity contribution in [1.82, 2.24) is 15.2 Å². The highest BCUT2D eigenvalue weighted by Gasteiger charge is 2.21. The van der Waals surface area contributed by atoms with Crippen molar-refractivity contribution in [2.24, 2.45) is 0 Å². The average Bonchev–Trinajstić information content (AvgIpc) is 2.62. The van der Waals surface area contributed by atoms with E-state index in [2.05, 4.69) is 27.8 Å². The molecule has 0 amide bonds. The number of allylic oxidation sites excluding steroid dienone is 1. The molecule has 3 aromatic rings. The third-order valence-electron chi connectivity index (χ3n) is 3.73. The van der Waals surface area contributed by atoms with Crippen molar-refractivity contribution in [2.45, 2.75) is 13.8 Å². The van der Waals surface area contributed by atoms with Crippen LogP contribution in [0.5, 0.6) is 0 Å². The summed E-state index contributed by atoms with van der Waals surface area (Å²) in [5, 5.41) is 8.49. The van der Waals surface area contributed by atoms with Crippen LogP contribution >= 0.6 is 12.6 Å². The third kappa shape index (κ3) is 2.95. The fourth-order valence-corrected chi connectivity index (χ4v) is 2.80. The smallest absolute Gasteiger partial charge is 0.132 e. The number of halogens is 1. The van der Waals surface area contributed by atoms with Gasteiger partial charge in [-0.05, 0) is 38.1 Å². The lowest BCUT2D eigenvalue weighted by molar-refractivity contribution is 0.630. The molecule has 0 radical (unpaired) electrons. The first-order valence-corrected chi connectivity index (χ1v) is 7.97. The third-order valence-corrected chi connectivity index (χ3v) is 4.21. The number of pyridine rings is 1. The summed E-state index contributed by atoms with van der Waals surface area (Å²) in [6.45, 7) is 3.74. The van der Waals surface area contributed by atoms with E-state index in [9.17, 15) is 4.39 Å². The van der Waals surface area contributed by atoms with E-state index in [0.29, 0.717) is 16.2 Å². The van der Waals surface area contributed by atoms with Crippen LogP contribution in [0, 0.1) is 12.7 Å². The van der Waals surface area contributed by atoms with Gasteiger partial charge < -0.3 is 0 Å². The topological polar surface area (TPSA) is 38.7 Å². The Kier molecular flexibility index (Phi) is 4.71. The van der Waals surface area contributed by atoms with Crippen molar-refractivity contribution in [2.75, 3.05) is 0 Å². The second-order valence-electron chi connectivity index (χ2n) is 5.25. The Hall–Kier alpha value is -2.53. The summed E-state index contributed by atoms with van der Waals surface area (Å²) in [4.78, 5) is 5.12. The number of nitrogens with zero attached hydrogens (tertiary/aromatic N) is 3. The fraction of sp³-hybridized carbons (Fsp3) is 0.105. The molecule has 0 atom stereocenters. The van der Waals surface area contributed by atoms with Gasteiger partial charge in [0.2, 0.25) is 0 Å². The largest absolute Gasteiger partial charge is 0.256 e. The van der Waals surface area contributed by atoms with Crippen molar-refractivity contribution in [3.63, 3.8) is 0 Å². The normalized spacial score (nSPS) is 11.6. The number of aromatic nitrogens is 3. The summed E-state index contributed by atoms with van der Waals surface area (Å²) >= 11 is 4.58. The average molecular weight is 337 g/mol. The van der Waals surface area contributed by atoms with E-state index in [4.69, 9.17) is 0 Å². The summed E-state index contributed by atoms with van der Waals surface area (Å²) in [5.41, 5.74) is 3.88. The summed E-state index contributed by atoms with van der Waals surface area (Å²) in [6.07, 6.45) is 3.58. The molecule has 0 saturated carbocycles. The molecule has 0 aliphatic rings. The molecule has 24 heavy (non-hydrogen) atoms. The molecule has 5 heteroatoms. The first-order valence-electron chi connectivity index (χ1n) is 7.52. The minimum absolute atomic E-state index is 0.346. The molecule has 0 bridgehead atoms. The lowest BCUT2D eigenvalue weighted by Crippen LogP contribution is -2.03. The summed E-state index contributed by atoms with van der Waals surface area (Å²) in [7, 11) is 0. The Balaban J connectivity index is 2.39. The van der Waals surface area contributed by atoms with Crippen molar-refractivity contribution in [1.29, 1.82) is 0 Å². The summed E-state index contributed by atoms with van der Waals surface area (Å²) in [6, 6.07) is 12.2. The maximum absolute atomic E-state index is 14.3. The zero-order valence-corrected chi connectivity index (χ0v) is 14.3. The van der Waals surface area contributed by atoms with E-state index in [1.165, 1.54) is 6.07 Å². The van der Waals surface area contributed by atoms with Gasteiger partial charge in [0.15, 0.2) is 0 Å². The lowest BCUT2D eigenvalue weighted by Gasteiger charge is -2.15. The molecule has 3 nitrogen and oxygen atoms in total. The van der Waals surface area contributed by atoms with Crippen molar-refractivity contribution < 1.29 is 4.39 Å². The number of rotatable bonds is 3. The van der Waals surface area contributed by atoms with Gasteiger partial charge in [-0.1, -0.05) is 24.3 Å². The van der Waals surface area contributed by atoms with Crippen LogP contribution < -0.4 is 0 Å². The zero-order valence-electron chi connectivity index (χ0n) is 13.4. The molecule has 2 aromatic heterocycles. The minimum Gasteiger partial charge on any atom is -0.256 e. The van der Waals surface area contributed by atoms with Gasteiger partial charge in [-0.2, -0.15) is 5.10 Å². The van der Waals surface area contributed by atoms with Gasteiger partial charge >= 0.3 is 0 Å². The molecular weight excluding hydrogens is 321 g/mol. The van der Waals surface area contributed by atoms with Gasteiger partial charge in [-0.3, -0.25) is 4.98 Å². The van der Waals surface area contributed by atoms with E-state index in [1.54, 1.807) is 24.4 Å². The van der Waals surface area contributed by atoms with Gasteiger partial charge in [-0.25, -0.2) is 4.39 Å². The van der Waals surface area contributed by atoms with Crippen LogP contribution in [0.4, 0.5) is 4.39 Å². The predicted molar refractivity (Wildman–Crippen MR) is 98.0 cm³/mol. The number of hydrogen-bond donors (Lipinski definition) is 1. The number of hydrogen-bond acceptors (Lipinski definition) is 4. The van der Waals surface area contributed by atoms with E-state index in [-0.39, 0.29) is 5.82 Å². The molecular formula is C19H16FN3S. The van der Waals surface area contributed by atoms with E-state index < -0.39 is 0 Å². The van der Waals surface area contributed by atoms with E-state index >= 15 is 0 Å². The van der Waals surface area contributed by atoms with Crippen LogP contribution in [0.3, 0.4) is 0 Å². The Morgan fingerprint density at radius 1 is 1.08 bits per heavy atom. The van der Waals surface area contributed by atoms with Crippen molar-refractivity contribution >= 4 is 17.5 Å². The molecule has 0 aliphatic carbocycles. The van der Waals surface area contributed by atoms with E-state index in [1.807, 2.05) is 38.1 Å². The first-order chi connectivity index (χ1) is 11.6. The highest BCUT2D eigenvalue weighted by atomic mass is 32.1. The molecule has 0 unspecified atom stereocenters. The number of thiol groups is 1.